The molecule has 4 aromatic carbocycles. The molecule has 6 unspecified atom stereocenters. The van der Waals surface area contributed by atoms with Crippen LogP contribution >= 0.6 is 11.6 Å². The number of para-hydroxylation sites is 1. The Balaban J connectivity index is 1.32. The van der Waals surface area contributed by atoms with Gasteiger partial charge in [0.2, 0.25) is 11.8 Å². The van der Waals surface area contributed by atoms with Crippen LogP contribution in [0.3, 0.4) is 0 Å². The second-order valence-electron chi connectivity index (χ2n) is 15.2. The van der Waals surface area contributed by atoms with Gasteiger partial charge in [-0.1, -0.05) is 53.6 Å². The number of nitro groups is 2. The van der Waals surface area contributed by atoms with Gasteiger partial charge in [0.15, 0.2) is 5.69 Å². The van der Waals surface area contributed by atoms with E-state index >= 15 is 4.79 Å². The van der Waals surface area contributed by atoms with Gasteiger partial charge in [0.25, 0.3) is 11.8 Å². The van der Waals surface area contributed by atoms with Crippen molar-refractivity contribution in [3.63, 3.8) is 0 Å². The average Bonchev–Trinajstić information content (AvgIpc) is 3.61. The summed E-state index contributed by atoms with van der Waals surface area (Å²) in [5.41, 5.74) is 0.752. The lowest BCUT2D eigenvalue weighted by Crippen LogP contribution is -2.53. The molecule has 6 atom stereocenters. The van der Waals surface area contributed by atoms with E-state index in [2.05, 4.69) is 5.43 Å². The van der Waals surface area contributed by atoms with E-state index in [1.165, 1.54) is 31.1 Å². The van der Waals surface area contributed by atoms with Gasteiger partial charge in [-0.3, -0.25) is 44.8 Å². The summed E-state index contributed by atoms with van der Waals surface area (Å²) < 4.78 is 20.0. The fourth-order valence-corrected chi connectivity index (χ4v) is 9.84. The molecule has 1 saturated carbocycles. The van der Waals surface area contributed by atoms with Crippen molar-refractivity contribution in [3.8, 4) is 5.75 Å². The lowest BCUT2D eigenvalue weighted by Gasteiger charge is -2.50. The van der Waals surface area contributed by atoms with Crippen LogP contribution < -0.4 is 20.0 Å². The second-order valence-corrected chi connectivity index (χ2v) is 15.7. The summed E-state index contributed by atoms with van der Waals surface area (Å²) in [6.07, 6.45) is 1.65. The zero-order valence-electron chi connectivity index (χ0n) is 32.0. The quantitative estimate of drug-likeness (QED) is 0.0782. The van der Waals surface area contributed by atoms with Crippen molar-refractivity contribution >= 4 is 63.7 Å². The number of ether oxygens (including phenoxy) is 1. The first-order valence-corrected chi connectivity index (χ1v) is 19.3. The maximum Gasteiger partial charge on any atom is 0.301 e. The smallest absolute Gasteiger partial charge is 0.301 e. The van der Waals surface area contributed by atoms with E-state index in [9.17, 15) is 44.1 Å². The number of nitro benzene ring substituents is 2. The normalized spacial score (nSPS) is 24.4. The molecule has 0 aromatic heterocycles. The van der Waals surface area contributed by atoms with Crippen molar-refractivity contribution in [2.24, 2.45) is 23.7 Å². The first-order valence-electron chi connectivity index (χ1n) is 18.9. The Morgan fingerprint density at radius 3 is 2.18 bits per heavy atom. The third-order valence-corrected chi connectivity index (χ3v) is 12.2. The fraction of sp³-hybridized carbons (Fsp3) is 0.286. The van der Waals surface area contributed by atoms with E-state index in [0.29, 0.717) is 21.7 Å². The number of allylic oxidation sites excluding steroid dienone is 2. The number of aliphatic hydroxyl groups is 1. The monoisotopic (exact) mass is 838 g/mol. The van der Waals surface area contributed by atoms with Crippen molar-refractivity contribution in [3.05, 3.63) is 139 Å². The SMILES string of the molecule is CN(C)c1c([N+](=O)[O-])cc(N2C(=O)C3CC=C4C(CC5C(=O)N(Nc6ccc(F)cc6)C(=O)C5(c5ccc(Cl)cc5)C4c4ccccc4OCCO)C3C2=O)cc1[N+](=O)[O-]. The molecule has 0 radical (unpaired) electrons. The maximum absolute atomic E-state index is 15.4. The average molecular weight is 839 g/mol. The van der Waals surface area contributed by atoms with Crippen molar-refractivity contribution in [1.82, 2.24) is 5.01 Å². The number of anilines is 3. The first-order chi connectivity index (χ1) is 28.7. The van der Waals surface area contributed by atoms with Crippen LogP contribution in [0.1, 0.15) is 29.9 Å². The van der Waals surface area contributed by atoms with Crippen molar-refractivity contribution in [2.45, 2.75) is 24.2 Å². The van der Waals surface area contributed by atoms with E-state index in [-0.39, 0.29) is 48.9 Å². The van der Waals surface area contributed by atoms with E-state index in [4.69, 9.17) is 16.3 Å². The molecule has 0 bridgehead atoms. The zero-order chi connectivity index (χ0) is 42.8. The number of halogens is 2. The summed E-state index contributed by atoms with van der Waals surface area (Å²) in [6, 6.07) is 20.3. The molecule has 4 amide bonds. The minimum Gasteiger partial charge on any atom is -0.491 e. The number of benzene rings is 4. The Kier molecular flexibility index (Phi) is 10.1. The van der Waals surface area contributed by atoms with Crippen LogP contribution in [0.5, 0.6) is 5.75 Å². The highest BCUT2D eigenvalue weighted by atomic mass is 35.5. The molecule has 3 fully saturated rings. The van der Waals surface area contributed by atoms with Crippen LogP contribution in [0.25, 0.3) is 0 Å². The third-order valence-electron chi connectivity index (χ3n) is 12.0. The highest BCUT2D eigenvalue weighted by Crippen LogP contribution is 2.65. The topological polar surface area (TPSA) is 206 Å². The lowest BCUT2D eigenvalue weighted by atomic mass is 9.49. The van der Waals surface area contributed by atoms with Crippen LogP contribution in [0.2, 0.25) is 5.02 Å². The number of hydrazine groups is 1. The molecule has 2 N–H and O–H groups in total. The Labute approximate surface area is 346 Å². The molecule has 2 aliphatic heterocycles. The lowest BCUT2D eigenvalue weighted by molar-refractivity contribution is -0.392. The van der Waals surface area contributed by atoms with Crippen molar-refractivity contribution in [2.75, 3.05) is 42.5 Å². The standard InChI is InChI=1S/C42H36ClFN6O10/c1-46(2)37-32(49(56)57)19-26(20-33(37)50(58)59)47-38(52)29-16-15-27-30(35(29)40(47)54)21-31-39(53)48(45-25-13-11-24(44)12-14-25)41(55)42(31,22-7-9-23(43)10-8-22)36(27)28-5-3-4-6-34(28)60-18-17-51/h3-15,19-20,29-31,35-36,45,51H,16-18,21H2,1-2H3. The minimum absolute atomic E-state index is 0.0191. The number of nitrogens with one attached hydrogen (secondary N) is 1. The molecular formula is C42H36ClFN6O10. The summed E-state index contributed by atoms with van der Waals surface area (Å²) in [5.74, 6) is -8.38. The van der Waals surface area contributed by atoms with Crippen LogP contribution in [-0.4, -0.2) is 70.9 Å². The number of aliphatic hydroxyl groups excluding tert-OH is 1. The van der Waals surface area contributed by atoms with Gasteiger partial charge in [-0.05, 0) is 66.8 Å². The molecule has 8 rings (SSSR count). The van der Waals surface area contributed by atoms with Gasteiger partial charge in [-0.15, -0.1) is 0 Å². The van der Waals surface area contributed by atoms with Crippen LogP contribution in [0.4, 0.5) is 32.8 Å². The van der Waals surface area contributed by atoms with Gasteiger partial charge in [-0.2, -0.15) is 5.01 Å². The number of amides is 4. The number of nitrogens with zero attached hydrogens (tertiary/aromatic N) is 5. The third kappa shape index (κ3) is 6.14. The van der Waals surface area contributed by atoms with E-state index < -0.39 is 85.7 Å². The molecule has 2 heterocycles. The number of fused-ring (bicyclic) bond motifs is 4. The van der Waals surface area contributed by atoms with Gasteiger partial charge in [0.1, 0.15) is 18.2 Å². The number of hydrogen-bond donors (Lipinski definition) is 2. The van der Waals surface area contributed by atoms with Crippen LogP contribution in [0.15, 0.2) is 96.6 Å². The van der Waals surface area contributed by atoms with Gasteiger partial charge >= 0.3 is 11.4 Å². The summed E-state index contributed by atoms with van der Waals surface area (Å²) in [4.78, 5) is 84.4. The zero-order valence-corrected chi connectivity index (χ0v) is 32.7. The van der Waals surface area contributed by atoms with Crippen molar-refractivity contribution in [1.29, 1.82) is 0 Å². The molecule has 60 heavy (non-hydrogen) atoms. The molecule has 308 valence electrons. The fourth-order valence-electron chi connectivity index (χ4n) is 9.72. The van der Waals surface area contributed by atoms with Gasteiger partial charge in [0.05, 0.1) is 51.0 Å². The summed E-state index contributed by atoms with van der Waals surface area (Å²) >= 11 is 6.37. The Hall–Kier alpha value is -6.72. The number of carbonyl (C=O) groups excluding carboxylic acids is 4. The van der Waals surface area contributed by atoms with E-state index in [0.717, 1.165) is 34.2 Å². The van der Waals surface area contributed by atoms with Gasteiger partial charge in [-0.25, -0.2) is 9.29 Å². The predicted molar refractivity (Wildman–Crippen MR) is 215 cm³/mol. The largest absolute Gasteiger partial charge is 0.491 e. The highest BCUT2D eigenvalue weighted by molar-refractivity contribution is 6.30. The number of rotatable bonds is 11. The molecule has 16 nitrogen and oxygen atoms in total. The number of hydrogen-bond acceptors (Lipinski definition) is 12. The minimum atomic E-state index is -1.73. The predicted octanol–water partition coefficient (Wildman–Crippen LogP) is 5.92. The van der Waals surface area contributed by atoms with Crippen LogP contribution in [0, 0.1) is 49.7 Å². The highest BCUT2D eigenvalue weighted by Gasteiger charge is 2.70. The summed E-state index contributed by atoms with van der Waals surface area (Å²) in [7, 11) is 2.79. The molecule has 0 spiro atoms. The molecule has 4 aliphatic rings. The Morgan fingerprint density at radius 2 is 1.57 bits per heavy atom. The Morgan fingerprint density at radius 1 is 0.917 bits per heavy atom. The number of imide groups is 2. The first kappa shape index (κ1) is 40.1. The molecule has 2 saturated heterocycles. The van der Waals surface area contributed by atoms with Gasteiger partial charge < -0.3 is 14.7 Å². The number of carbonyl (C=O) groups is 4. The van der Waals surface area contributed by atoms with Gasteiger partial charge in [0, 0.05) is 42.7 Å². The van der Waals surface area contributed by atoms with E-state index in [1.807, 2.05) is 0 Å². The summed E-state index contributed by atoms with van der Waals surface area (Å²) in [6.45, 7) is -0.462. The molecule has 4 aromatic rings. The van der Waals surface area contributed by atoms with Crippen molar-refractivity contribution < 1.29 is 43.3 Å². The van der Waals surface area contributed by atoms with Crippen LogP contribution in [-0.2, 0) is 24.6 Å². The molecule has 2 aliphatic carbocycles. The molecule has 18 heteroatoms. The maximum atomic E-state index is 15.4. The Bertz CT molecular complexity index is 2480. The second kappa shape index (κ2) is 15.1. The summed E-state index contributed by atoms with van der Waals surface area (Å²) in [5, 5.41) is 35.5. The van der Waals surface area contributed by atoms with E-state index in [1.54, 1.807) is 54.6 Å². The molecular weight excluding hydrogens is 803 g/mol.